The Morgan fingerprint density at radius 2 is 2.32 bits per heavy atom. The quantitative estimate of drug-likeness (QED) is 0.855. The number of hydrogen-bond donors (Lipinski definition) is 2. The molecule has 0 unspecified atom stereocenters. The van der Waals surface area contributed by atoms with Crippen molar-refractivity contribution in [3.63, 3.8) is 0 Å². The Hall–Kier alpha value is -1.60. The number of ether oxygens (including phenoxy) is 2. The van der Waals surface area contributed by atoms with Crippen molar-refractivity contribution in [2.24, 2.45) is 16.5 Å². The minimum atomic E-state index is -0.812. The summed E-state index contributed by atoms with van der Waals surface area (Å²) in [6.45, 7) is 0.113. The first-order chi connectivity index (χ1) is 9.02. The Bertz CT molecular complexity index is 533. The van der Waals surface area contributed by atoms with Crippen LogP contribution in [0.25, 0.3) is 0 Å². The molecule has 7 heteroatoms. The van der Waals surface area contributed by atoms with E-state index in [4.69, 9.17) is 20.9 Å². The minimum absolute atomic E-state index is 0.113. The van der Waals surface area contributed by atoms with Crippen molar-refractivity contribution in [2.75, 3.05) is 13.7 Å². The molecule has 0 fully saturated rings. The summed E-state index contributed by atoms with van der Waals surface area (Å²) in [4.78, 5) is 15.7. The fourth-order valence-corrected chi connectivity index (χ4v) is 2.46. The Kier molecular flexibility index (Phi) is 4.06. The Morgan fingerprint density at radius 1 is 1.58 bits per heavy atom. The van der Waals surface area contributed by atoms with Gasteiger partial charge in [-0.1, -0.05) is 6.07 Å². The Morgan fingerprint density at radius 3 is 2.89 bits per heavy atom. The van der Waals surface area contributed by atoms with Crippen LogP contribution >= 0.6 is 15.9 Å². The van der Waals surface area contributed by atoms with Crippen LogP contribution in [-0.2, 0) is 9.53 Å². The van der Waals surface area contributed by atoms with E-state index in [0.717, 1.165) is 10.0 Å². The number of nitrogens with zero attached hydrogens (tertiary/aromatic N) is 1. The maximum absolute atomic E-state index is 11.4. The predicted molar refractivity (Wildman–Crippen MR) is 74.0 cm³/mol. The SMILES string of the molecule is COc1ccc([C@H]2N=C(N)CO[C@@H]2C(N)=O)cc1Br. The fourth-order valence-electron chi connectivity index (χ4n) is 1.90. The highest BCUT2D eigenvalue weighted by Gasteiger charge is 2.32. The second-order valence-electron chi connectivity index (χ2n) is 4.09. The second-order valence-corrected chi connectivity index (χ2v) is 4.95. The summed E-state index contributed by atoms with van der Waals surface area (Å²) in [7, 11) is 1.58. The molecular formula is C12H14BrN3O3. The highest BCUT2D eigenvalue weighted by atomic mass is 79.9. The maximum Gasteiger partial charge on any atom is 0.249 e. The van der Waals surface area contributed by atoms with Crippen LogP contribution in [0.15, 0.2) is 27.7 Å². The zero-order chi connectivity index (χ0) is 14.0. The molecule has 2 rings (SSSR count). The summed E-state index contributed by atoms with van der Waals surface area (Å²) in [6, 6.07) is 4.85. The van der Waals surface area contributed by atoms with Gasteiger partial charge in [0.1, 0.15) is 24.2 Å². The number of amidine groups is 1. The van der Waals surface area contributed by atoms with Gasteiger partial charge in [0.25, 0.3) is 0 Å². The number of carbonyl (C=O) groups is 1. The number of rotatable bonds is 3. The first kappa shape index (κ1) is 13.8. The standard InChI is InChI=1S/C12H14BrN3O3/c1-18-8-3-2-6(4-7(8)13)10-11(12(15)17)19-5-9(14)16-10/h2-4,10-11H,5H2,1H3,(H2,14,16)(H2,15,17)/t10-,11+/m1/s1. The third-order valence-corrected chi connectivity index (χ3v) is 3.42. The molecule has 1 aliphatic heterocycles. The third kappa shape index (κ3) is 2.87. The maximum atomic E-state index is 11.4. The van der Waals surface area contributed by atoms with Crippen LogP contribution < -0.4 is 16.2 Å². The molecule has 1 aromatic rings. The number of halogens is 1. The molecule has 0 saturated carbocycles. The van der Waals surface area contributed by atoms with Gasteiger partial charge in [-0.3, -0.25) is 9.79 Å². The van der Waals surface area contributed by atoms with E-state index in [9.17, 15) is 4.79 Å². The summed E-state index contributed by atoms with van der Waals surface area (Å²) in [5.41, 5.74) is 11.8. The smallest absolute Gasteiger partial charge is 0.249 e. The number of amides is 1. The molecule has 0 radical (unpaired) electrons. The van der Waals surface area contributed by atoms with Crippen molar-refractivity contribution in [3.05, 3.63) is 28.2 Å². The summed E-state index contributed by atoms with van der Waals surface area (Å²) >= 11 is 3.38. The zero-order valence-corrected chi connectivity index (χ0v) is 11.9. The van der Waals surface area contributed by atoms with Gasteiger partial charge >= 0.3 is 0 Å². The molecular weight excluding hydrogens is 314 g/mol. The normalized spacial score (nSPS) is 22.7. The zero-order valence-electron chi connectivity index (χ0n) is 10.3. The van der Waals surface area contributed by atoms with E-state index in [1.807, 2.05) is 6.07 Å². The lowest BCUT2D eigenvalue weighted by molar-refractivity contribution is -0.130. The summed E-state index contributed by atoms with van der Waals surface area (Å²) < 4.78 is 11.2. The van der Waals surface area contributed by atoms with Crippen LogP contribution in [-0.4, -0.2) is 31.6 Å². The van der Waals surface area contributed by atoms with Gasteiger partial charge in [-0.05, 0) is 33.6 Å². The monoisotopic (exact) mass is 327 g/mol. The van der Waals surface area contributed by atoms with Gasteiger partial charge in [-0.15, -0.1) is 0 Å². The van der Waals surface area contributed by atoms with Crippen molar-refractivity contribution in [3.8, 4) is 5.75 Å². The van der Waals surface area contributed by atoms with Gasteiger partial charge < -0.3 is 20.9 Å². The molecule has 0 saturated heterocycles. The number of carbonyl (C=O) groups excluding carboxylic acids is 1. The molecule has 1 amide bonds. The lowest BCUT2D eigenvalue weighted by atomic mass is 10.0. The van der Waals surface area contributed by atoms with E-state index in [2.05, 4.69) is 20.9 Å². The van der Waals surface area contributed by atoms with E-state index >= 15 is 0 Å². The highest BCUT2D eigenvalue weighted by molar-refractivity contribution is 9.10. The molecule has 102 valence electrons. The topological polar surface area (TPSA) is 99.9 Å². The third-order valence-electron chi connectivity index (χ3n) is 2.80. The number of methoxy groups -OCH3 is 1. The molecule has 1 aliphatic rings. The first-order valence-corrected chi connectivity index (χ1v) is 6.38. The van der Waals surface area contributed by atoms with Crippen LogP contribution in [0.3, 0.4) is 0 Å². The number of nitrogens with two attached hydrogens (primary N) is 2. The van der Waals surface area contributed by atoms with E-state index in [1.165, 1.54) is 0 Å². The van der Waals surface area contributed by atoms with Gasteiger partial charge in [0, 0.05) is 0 Å². The molecule has 0 aromatic heterocycles. The average molecular weight is 328 g/mol. The van der Waals surface area contributed by atoms with Crippen LogP contribution in [0.4, 0.5) is 0 Å². The van der Waals surface area contributed by atoms with Crippen molar-refractivity contribution in [2.45, 2.75) is 12.1 Å². The molecule has 2 atom stereocenters. The van der Waals surface area contributed by atoms with E-state index in [-0.39, 0.29) is 6.61 Å². The molecule has 1 aromatic carbocycles. The van der Waals surface area contributed by atoms with Crippen molar-refractivity contribution in [1.82, 2.24) is 0 Å². The molecule has 6 nitrogen and oxygen atoms in total. The highest BCUT2D eigenvalue weighted by Crippen LogP contribution is 2.32. The number of benzene rings is 1. The van der Waals surface area contributed by atoms with E-state index in [1.54, 1.807) is 19.2 Å². The second kappa shape index (κ2) is 5.58. The molecule has 1 heterocycles. The molecule has 0 bridgehead atoms. The van der Waals surface area contributed by atoms with E-state index in [0.29, 0.717) is 11.6 Å². The Balaban J connectivity index is 2.39. The van der Waals surface area contributed by atoms with Crippen LogP contribution in [0.1, 0.15) is 11.6 Å². The lowest BCUT2D eigenvalue weighted by Crippen LogP contribution is -2.42. The van der Waals surface area contributed by atoms with Gasteiger partial charge in [-0.25, -0.2) is 0 Å². The van der Waals surface area contributed by atoms with Gasteiger partial charge in [-0.2, -0.15) is 0 Å². The van der Waals surface area contributed by atoms with E-state index < -0.39 is 18.1 Å². The van der Waals surface area contributed by atoms with Gasteiger partial charge in [0.15, 0.2) is 6.10 Å². The minimum Gasteiger partial charge on any atom is -0.496 e. The summed E-state index contributed by atoms with van der Waals surface area (Å²) in [5, 5.41) is 0. The van der Waals surface area contributed by atoms with Crippen molar-refractivity contribution in [1.29, 1.82) is 0 Å². The average Bonchev–Trinajstić information content (AvgIpc) is 2.38. The predicted octanol–water partition coefficient (Wildman–Crippen LogP) is 0.740. The van der Waals surface area contributed by atoms with Gasteiger partial charge in [0.05, 0.1) is 11.6 Å². The molecule has 4 N–H and O–H groups in total. The van der Waals surface area contributed by atoms with Gasteiger partial charge in [0.2, 0.25) is 5.91 Å². The lowest BCUT2D eigenvalue weighted by Gasteiger charge is -2.27. The van der Waals surface area contributed by atoms with Crippen molar-refractivity contribution < 1.29 is 14.3 Å². The van der Waals surface area contributed by atoms with Crippen LogP contribution in [0.2, 0.25) is 0 Å². The number of hydrogen-bond acceptors (Lipinski definition) is 5. The molecule has 19 heavy (non-hydrogen) atoms. The summed E-state index contributed by atoms with van der Waals surface area (Å²) in [6.07, 6.45) is -0.812. The number of aliphatic imine (C=N–C) groups is 1. The molecule has 0 aliphatic carbocycles. The van der Waals surface area contributed by atoms with Crippen LogP contribution in [0, 0.1) is 0 Å². The first-order valence-electron chi connectivity index (χ1n) is 5.59. The van der Waals surface area contributed by atoms with Crippen molar-refractivity contribution >= 4 is 27.7 Å². The number of primary amides is 1. The summed E-state index contributed by atoms with van der Waals surface area (Å²) in [5.74, 6) is 0.468. The largest absolute Gasteiger partial charge is 0.496 e. The molecule has 0 spiro atoms. The van der Waals surface area contributed by atoms with Crippen LogP contribution in [0.5, 0.6) is 5.75 Å². The Labute approximate surface area is 118 Å². The fraction of sp³-hybridized carbons (Fsp3) is 0.333.